The molecule has 7 nitrogen and oxygen atoms in total. The Hall–Kier alpha value is -3.61. The van der Waals surface area contributed by atoms with Crippen LogP contribution in [0.15, 0.2) is 48.5 Å². The zero-order chi connectivity index (χ0) is 24.2. The number of carbonyl (C=O) groups is 3. The standard InChI is InChI=1S/C27H29N3O4/c1-27(2,3)34-26(33)18-11-9-17(10-12-18)15-30-20-8-6-5-7-19(20)23-21(30)13-14-29-22(31)16-28(4)25(32)24(23)29/h5-12,24H,13-16H2,1-4H3. The number of likely N-dealkylation sites (N-methyl/N-ethyl adjacent to an activating group) is 1. The number of rotatable bonds is 3. The average molecular weight is 460 g/mol. The number of piperazine rings is 1. The van der Waals surface area contributed by atoms with Crippen LogP contribution in [-0.2, 0) is 27.3 Å². The lowest BCUT2D eigenvalue weighted by Crippen LogP contribution is -2.56. The molecular formula is C27H29N3O4. The van der Waals surface area contributed by atoms with E-state index in [1.54, 1.807) is 24.1 Å². The van der Waals surface area contributed by atoms with Crippen LogP contribution in [0.2, 0.25) is 0 Å². The Morgan fingerprint density at radius 1 is 1.06 bits per heavy atom. The summed E-state index contributed by atoms with van der Waals surface area (Å²) in [6.45, 7) is 6.82. The number of carbonyl (C=O) groups excluding carboxylic acids is 3. The molecule has 1 saturated heterocycles. The Morgan fingerprint density at radius 3 is 2.47 bits per heavy atom. The minimum absolute atomic E-state index is 0.00712. The highest BCUT2D eigenvalue weighted by molar-refractivity contribution is 6.00. The Bertz CT molecular complexity index is 1300. The Morgan fingerprint density at radius 2 is 1.76 bits per heavy atom. The molecule has 3 aromatic rings. The van der Waals surface area contributed by atoms with E-state index in [9.17, 15) is 14.4 Å². The summed E-state index contributed by atoms with van der Waals surface area (Å²) in [6.07, 6.45) is 0.694. The molecule has 5 rings (SSSR count). The largest absolute Gasteiger partial charge is 0.456 e. The number of hydrogen-bond acceptors (Lipinski definition) is 4. The molecule has 0 radical (unpaired) electrons. The third-order valence-electron chi connectivity index (χ3n) is 6.53. The lowest BCUT2D eigenvalue weighted by Gasteiger charge is -2.42. The zero-order valence-electron chi connectivity index (χ0n) is 20.0. The number of para-hydroxylation sites is 1. The summed E-state index contributed by atoms with van der Waals surface area (Å²) >= 11 is 0. The van der Waals surface area contributed by atoms with Gasteiger partial charge in [0.25, 0.3) is 0 Å². The molecule has 1 atom stereocenters. The molecule has 1 fully saturated rings. The summed E-state index contributed by atoms with van der Waals surface area (Å²) in [6, 6.07) is 15.0. The number of fused-ring (bicyclic) bond motifs is 5. The maximum Gasteiger partial charge on any atom is 0.338 e. The van der Waals surface area contributed by atoms with Gasteiger partial charge < -0.3 is 19.1 Å². The van der Waals surface area contributed by atoms with Crippen LogP contribution >= 0.6 is 0 Å². The Balaban J connectivity index is 1.52. The number of ether oxygens (including phenoxy) is 1. The molecule has 2 aliphatic heterocycles. The van der Waals surface area contributed by atoms with E-state index in [1.807, 2.05) is 51.1 Å². The van der Waals surface area contributed by atoms with Crippen LogP contribution < -0.4 is 0 Å². The monoisotopic (exact) mass is 459 g/mol. The van der Waals surface area contributed by atoms with E-state index in [0.29, 0.717) is 25.1 Å². The first-order valence-electron chi connectivity index (χ1n) is 11.6. The zero-order valence-corrected chi connectivity index (χ0v) is 20.0. The van der Waals surface area contributed by atoms with E-state index in [-0.39, 0.29) is 24.3 Å². The molecule has 2 amide bonds. The molecule has 3 heterocycles. The second kappa shape index (κ2) is 8.01. The third-order valence-corrected chi connectivity index (χ3v) is 6.53. The SMILES string of the molecule is CN1CC(=O)N2CCc3c(c4ccccc4n3Cc3ccc(C(=O)OC(C)(C)C)cc3)C2C1=O. The quantitative estimate of drug-likeness (QED) is 0.562. The van der Waals surface area contributed by atoms with Crippen molar-refractivity contribution in [3.05, 3.63) is 70.9 Å². The summed E-state index contributed by atoms with van der Waals surface area (Å²) in [5.41, 5.74) is 4.09. The molecule has 2 aliphatic rings. The van der Waals surface area contributed by atoms with Gasteiger partial charge in [0.05, 0.1) is 12.1 Å². The molecule has 0 bridgehead atoms. The van der Waals surface area contributed by atoms with Gasteiger partial charge in [-0.1, -0.05) is 30.3 Å². The summed E-state index contributed by atoms with van der Waals surface area (Å²) < 4.78 is 7.71. The van der Waals surface area contributed by atoms with Gasteiger partial charge in [0, 0.05) is 48.7 Å². The first-order chi connectivity index (χ1) is 16.1. The van der Waals surface area contributed by atoms with Crippen molar-refractivity contribution in [2.45, 2.75) is 45.4 Å². The minimum atomic E-state index is -0.573. The van der Waals surface area contributed by atoms with E-state index in [0.717, 1.165) is 27.7 Å². The number of hydrogen-bond donors (Lipinski definition) is 0. The predicted octanol–water partition coefficient (Wildman–Crippen LogP) is 3.54. The van der Waals surface area contributed by atoms with Crippen molar-refractivity contribution in [3.8, 4) is 0 Å². The first kappa shape index (κ1) is 22.2. The molecule has 2 aromatic carbocycles. The van der Waals surface area contributed by atoms with Gasteiger partial charge in [-0.15, -0.1) is 0 Å². The number of aromatic nitrogens is 1. The van der Waals surface area contributed by atoms with Crippen LogP contribution in [0, 0.1) is 0 Å². The van der Waals surface area contributed by atoms with Crippen LogP contribution in [0.4, 0.5) is 0 Å². The highest BCUT2D eigenvalue weighted by Crippen LogP contribution is 2.40. The number of amides is 2. The van der Waals surface area contributed by atoms with E-state index >= 15 is 0 Å². The van der Waals surface area contributed by atoms with Crippen LogP contribution in [0.5, 0.6) is 0 Å². The van der Waals surface area contributed by atoms with Crippen molar-refractivity contribution in [1.29, 1.82) is 0 Å². The lowest BCUT2D eigenvalue weighted by atomic mass is 9.93. The number of benzene rings is 2. The maximum absolute atomic E-state index is 13.2. The second-order valence-electron chi connectivity index (χ2n) is 10.1. The van der Waals surface area contributed by atoms with Gasteiger partial charge in [-0.3, -0.25) is 9.59 Å². The highest BCUT2D eigenvalue weighted by Gasteiger charge is 2.44. The topological polar surface area (TPSA) is 71.8 Å². The Labute approximate surface area is 198 Å². The smallest absolute Gasteiger partial charge is 0.338 e. The van der Waals surface area contributed by atoms with Crippen molar-refractivity contribution < 1.29 is 19.1 Å². The number of nitrogens with zero attached hydrogens (tertiary/aromatic N) is 3. The molecule has 7 heteroatoms. The summed E-state index contributed by atoms with van der Waals surface area (Å²) in [7, 11) is 1.69. The molecule has 1 aromatic heterocycles. The first-order valence-corrected chi connectivity index (χ1v) is 11.6. The van der Waals surface area contributed by atoms with Gasteiger partial charge in [0.15, 0.2) is 0 Å². The van der Waals surface area contributed by atoms with Crippen molar-refractivity contribution in [2.24, 2.45) is 0 Å². The van der Waals surface area contributed by atoms with Gasteiger partial charge in [0.2, 0.25) is 11.8 Å². The fraction of sp³-hybridized carbons (Fsp3) is 0.370. The molecule has 0 aliphatic carbocycles. The normalized spacial score (nSPS) is 18.2. The third kappa shape index (κ3) is 3.75. The van der Waals surface area contributed by atoms with Crippen molar-refractivity contribution >= 4 is 28.7 Å². The predicted molar refractivity (Wildman–Crippen MR) is 128 cm³/mol. The van der Waals surface area contributed by atoms with E-state index in [2.05, 4.69) is 10.6 Å². The average Bonchev–Trinajstić information content (AvgIpc) is 3.10. The summed E-state index contributed by atoms with van der Waals surface area (Å²) in [5, 5.41) is 1.01. The van der Waals surface area contributed by atoms with Gasteiger partial charge in [-0.2, -0.15) is 0 Å². The van der Waals surface area contributed by atoms with Gasteiger partial charge >= 0.3 is 5.97 Å². The molecule has 0 spiro atoms. The minimum Gasteiger partial charge on any atom is -0.456 e. The van der Waals surface area contributed by atoms with Crippen LogP contribution in [0.3, 0.4) is 0 Å². The van der Waals surface area contributed by atoms with Crippen LogP contribution in [-0.4, -0.2) is 57.9 Å². The molecule has 1 unspecified atom stereocenters. The van der Waals surface area contributed by atoms with E-state index < -0.39 is 11.6 Å². The van der Waals surface area contributed by atoms with Crippen LogP contribution in [0.25, 0.3) is 10.9 Å². The highest BCUT2D eigenvalue weighted by atomic mass is 16.6. The fourth-order valence-corrected chi connectivity index (χ4v) is 5.02. The molecule has 34 heavy (non-hydrogen) atoms. The number of esters is 1. The Kier molecular flexibility index (Phi) is 5.23. The maximum atomic E-state index is 13.2. The second-order valence-corrected chi connectivity index (χ2v) is 10.1. The molecule has 0 N–H and O–H groups in total. The van der Waals surface area contributed by atoms with Crippen molar-refractivity contribution in [3.63, 3.8) is 0 Å². The van der Waals surface area contributed by atoms with E-state index in [1.165, 1.54) is 4.90 Å². The van der Waals surface area contributed by atoms with Crippen LogP contribution in [0.1, 0.15) is 54.0 Å². The molecular weight excluding hydrogens is 430 g/mol. The van der Waals surface area contributed by atoms with Gasteiger partial charge in [0.1, 0.15) is 11.6 Å². The molecule has 0 saturated carbocycles. The summed E-state index contributed by atoms with van der Waals surface area (Å²) in [5.74, 6) is -0.384. The van der Waals surface area contributed by atoms with Crippen molar-refractivity contribution in [1.82, 2.24) is 14.4 Å². The summed E-state index contributed by atoms with van der Waals surface area (Å²) in [4.78, 5) is 41.5. The van der Waals surface area contributed by atoms with Gasteiger partial charge in [-0.25, -0.2) is 4.79 Å². The van der Waals surface area contributed by atoms with E-state index in [4.69, 9.17) is 4.74 Å². The lowest BCUT2D eigenvalue weighted by molar-refractivity contribution is -0.155. The molecule has 176 valence electrons. The van der Waals surface area contributed by atoms with Gasteiger partial charge in [-0.05, 0) is 44.5 Å². The van der Waals surface area contributed by atoms with Crippen molar-refractivity contribution in [2.75, 3.05) is 20.1 Å². The fourth-order valence-electron chi connectivity index (χ4n) is 5.02.